The molecule has 478 valence electrons. The fourth-order valence-electron chi connectivity index (χ4n) is 15.6. The molecule has 4 aromatic heterocycles. The third-order valence-electron chi connectivity index (χ3n) is 21.3. The third-order valence-corrected chi connectivity index (χ3v) is 21.3. The van der Waals surface area contributed by atoms with Crippen LogP contribution in [-0.4, -0.2) is 18.7 Å². The van der Waals surface area contributed by atoms with Crippen molar-refractivity contribution >= 4 is 54.6 Å². The second kappa shape index (κ2) is 21.4. The van der Waals surface area contributed by atoms with Crippen LogP contribution in [0.15, 0.2) is 212 Å². The minimum absolute atomic E-state index is 0.0425. The Morgan fingerprint density at radius 2 is 0.906 bits per heavy atom. The van der Waals surface area contributed by atoms with Crippen molar-refractivity contribution in [3.8, 4) is 78.9 Å². The summed E-state index contributed by atoms with van der Waals surface area (Å²) >= 11 is 0. The van der Waals surface area contributed by atoms with Crippen LogP contribution in [0.5, 0.6) is 11.5 Å². The number of rotatable bonds is 6. The number of nitrogens with zero attached hydrogens (tertiary/aromatic N) is 5. The molecule has 1 aliphatic heterocycles. The van der Waals surface area contributed by atoms with Gasteiger partial charge in [0.05, 0.1) is 50.2 Å². The first-order valence-electron chi connectivity index (χ1n) is 34.5. The first kappa shape index (κ1) is 61.1. The molecule has 0 amide bonds. The average Bonchev–Trinajstić information content (AvgIpc) is 1.46. The second-order valence-corrected chi connectivity index (χ2v) is 33.0. The molecule has 0 unspecified atom stereocenters. The molecule has 96 heavy (non-hydrogen) atoms. The van der Waals surface area contributed by atoms with E-state index in [9.17, 15) is 0 Å². The molecule has 10 aromatic carbocycles. The number of para-hydroxylation sites is 3. The van der Waals surface area contributed by atoms with E-state index in [1.54, 1.807) is 0 Å². The van der Waals surface area contributed by atoms with Crippen molar-refractivity contribution in [1.82, 2.24) is 18.7 Å². The zero-order valence-corrected chi connectivity index (χ0v) is 58.8. The number of hydrogen-bond donors (Lipinski definition) is 0. The molecular formula is C90H87N5O. The zero-order valence-electron chi connectivity index (χ0n) is 58.8. The van der Waals surface area contributed by atoms with Crippen molar-refractivity contribution < 1.29 is 9.30 Å². The first-order valence-corrected chi connectivity index (χ1v) is 34.5. The first-order chi connectivity index (χ1) is 45.6. The van der Waals surface area contributed by atoms with Gasteiger partial charge in [0, 0.05) is 33.8 Å². The van der Waals surface area contributed by atoms with Gasteiger partial charge in [-0.2, -0.15) is 0 Å². The summed E-state index contributed by atoms with van der Waals surface area (Å²) in [7, 11) is 0. The lowest BCUT2D eigenvalue weighted by atomic mass is 9.62. The lowest BCUT2D eigenvalue weighted by molar-refractivity contribution is -0.571. The van der Waals surface area contributed by atoms with Crippen molar-refractivity contribution in [3.05, 3.63) is 252 Å². The molecule has 0 saturated heterocycles. The summed E-state index contributed by atoms with van der Waals surface area (Å²) < 4.78 is 16.8. The number of pyridine rings is 1. The normalized spacial score (nSPS) is 14.5. The van der Waals surface area contributed by atoms with E-state index in [1.165, 1.54) is 82.9 Å². The smallest absolute Gasteiger partial charge is 0.269 e. The second-order valence-electron chi connectivity index (χ2n) is 33.0. The Balaban J connectivity index is 1.02. The summed E-state index contributed by atoms with van der Waals surface area (Å²) in [4.78, 5) is 5.01. The van der Waals surface area contributed by atoms with Gasteiger partial charge >= 0.3 is 0 Å². The lowest BCUT2D eigenvalue weighted by Crippen LogP contribution is -2.34. The van der Waals surface area contributed by atoms with E-state index in [1.807, 2.05) is 6.20 Å². The number of benzene rings is 10. The summed E-state index contributed by atoms with van der Waals surface area (Å²) in [5.74, 6) is 2.32. The summed E-state index contributed by atoms with van der Waals surface area (Å²) in [6.07, 6.45) is 8.44. The van der Waals surface area contributed by atoms with Gasteiger partial charge in [-0.3, -0.25) is 13.7 Å². The summed E-state index contributed by atoms with van der Waals surface area (Å²) in [5, 5.41) is 4.74. The highest BCUT2D eigenvalue weighted by Crippen LogP contribution is 2.54. The van der Waals surface area contributed by atoms with Gasteiger partial charge in [0.2, 0.25) is 0 Å². The molecule has 6 heteroatoms. The largest absolute Gasteiger partial charge is 0.458 e. The van der Waals surface area contributed by atoms with E-state index in [0.717, 1.165) is 91.1 Å². The van der Waals surface area contributed by atoms with Crippen LogP contribution in [-0.2, 0) is 32.5 Å². The zero-order chi connectivity index (χ0) is 66.9. The van der Waals surface area contributed by atoms with Crippen LogP contribution in [0.25, 0.3) is 122 Å². The van der Waals surface area contributed by atoms with Crippen molar-refractivity contribution in [1.29, 1.82) is 0 Å². The minimum atomic E-state index is -0.236. The Hall–Kier alpha value is -9.78. The van der Waals surface area contributed by atoms with Crippen LogP contribution in [0.3, 0.4) is 0 Å². The van der Waals surface area contributed by atoms with E-state index in [4.69, 9.17) is 9.72 Å². The molecule has 6 nitrogen and oxygen atoms in total. The van der Waals surface area contributed by atoms with Crippen LogP contribution in [0, 0.1) is 6.33 Å². The minimum Gasteiger partial charge on any atom is -0.458 e. The number of hydrogen-bond acceptors (Lipinski definition) is 2. The van der Waals surface area contributed by atoms with Crippen LogP contribution >= 0.6 is 0 Å². The van der Waals surface area contributed by atoms with Gasteiger partial charge in [-0.15, -0.1) is 0 Å². The lowest BCUT2D eigenvalue weighted by Gasteiger charge is -2.42. The predicted octanol–water partition coefficient (Wildman–Crippen LogP) is 23.6. The van der Waals surface area contributed by atoms with Crippen LogP contribution < -0.4 is 9.30 Å². The number of imidazole rings is 1. The van der Waals surface area contributed by atoms with Crippen molar-refractivity contribution in [2.75, 3.05) is 0 Å². The van der Waals surface area contributed by atoms with E-state index in [2.05, 4.69) is 342 Å². The molecule has 16 rings (SSSR count). The van der Waals surface area contributed by atoms with Crippen LogP contribution in [0.2, 0.25) is 0 Å². The Morgan fingerprint density at radius 1 is 0.396 bits per heavy atom. The maximum atomic E-state index is 7.18. The fraction of sp³-hybridized carbons (Fsp3) is 0.267. The van der Waals surface area contributed by atoms with Gasteiger partial charge < -0.3 is 9.30 Å². The van der Waals surface area contributed by atoms with E-state index < -0.39 is 0 Å². The van der Waals surface area contributed by atoms with Gasteiger partial charge in [0.15, 0.2) is 0 Å². The maximum absolute atomic E-state index is 7.18. The Morgan fingerprint density at radius 3 is 1.50 bits per heavy atom. The average molecular weight is 1250 g/mol. The Bertz CT molecular complexity index is 5470. The molecule has 1 aliphatic carbocycles. The SMILES string of the molecule is CC(C)(C)c1cc(-c2cc3c4c(c2)n(-c2cccc(Oc5ccc6c7ccccc7n(-c7cc(C(C)(C)C)ccn7)c6c5)c2)[c-][n+]4-c2c(cc(C(C)(C)C)cc2-n2c4ccccc4c4ccccc42)-c2cc4c(cc2-c2ccccc2-3)C(C)(C)CCC4(C)C)cc(C(C)(C)C)c1. The van der Waals surface area contributed by atoms with Crippen molar-refractivity contribution in [3.63, 3.8) is 0 Å². The molecular weight excluding hydrogens is 1170 g/mol. The van der Waals surface area contributed by atoms with E-state index in [-0.39, 0.29) is 32.5 Å². The molecule has 0 N–H and O–H groups in total. The standard InChI is InChI=1S/C90H87N5O/c1-85(2,3)57-38-41-91-82(49-57)95-78-35-24-21-32-68(78)69-37-36-63(51-79(69)95)96-62-27-25-26-61(50-62)92-54-93-83-72(44-56(45-80(83)92)55-42-58(86(4,5)6)46-59(43-55)87(7,8)9)65-29-18-17-28-64(65)70-52-74-75(90(15,16)40-39-89(74,13)14)53-71(70)73-47-60(88(10,11)12)48-81(84(73)93)94-76-33-22-19-30-66(76)67-31-20-23-34-77(67)94/h17-38,41-53H,39-40H2,1-16H3. The van der Waals surface area contributed by atoms with Crippen molar-refractivity contribution in [2.45, 2.75) is 156 Å². The summed E-state index contributed by atoms with van der Waals surface area (Å²) in [6.45, 7) is 37.8. The highest BCUT2D eigenvalue weighted by atomic mass is 16.5. The van der Waals surface area contributed by atoms with Gasteiger partial charge in [-0.05, 0) is 202 Å². The van der Waals surface area contributed by atoms with Gasteiger partial charge in [0.1, 0.15) is 17.3 Å². The Labute approximate surface area is 566 Å². The van der Waals surface area contributed by atoms with Gasteiger partial charge in [-0.25, -0.2) is 4.98 Å². The predicted molar refractivity (Wildman–Crippen MR) is 402 cm³/mol. The highest BCUT2D eigenvalue weighted by Gasteiger charge is 2.40. The van der Waals surface area contributed by atoms with Gasteiger partial charge in [-0.1, -0.05) is 232 Å². The molecule has 0 fully saturated rings. The molecule has 0 spiro atoms. The molecule has 0 atom stereocenters. The monoisotopic (exact) mass is 1250 g/mol. The quantitative estimate of drug-likeness (QED) is 0.123. The summed E-state index contributed by atoms with van der Waals surface area (Å²) in [5.41, 5.74) is 26.4. The fourth-order valence-corrected chi connectivity index (χ4v) is 15.6. The van der Waals surface area contributed by atoms with Crippen molar-refractivity contribution in [2.24, 2.45) is 0 Å². The molecule has 5 heterocycles. The van der Waals surface area contributed by atoms with Gasteiger partial charge in [0.25, 0.3) is 6.33 Å². The van der Waals surface area contributed by atoms with Crippen LogP contribution in [0.4, 0.5) is 0 Å². The number of aromatic nitrogens is 5. The molecule has 14 aromatic rings. The number of ether oxygens (including phenoxy) is 1. The maximum Gasteiger partial charge on any atom is 0.269 e. The molecule has 0 bridgehead atoms. The van der Waals surface area contributed by atoms with Crippen LogP contribution in [0.1, 0.15) is 157 Å². The summed E-state index contributed by atoms with van der Waals surface area (Å²) in [6, 6.07) is 77.9. The third kappa shape index (κ3) is 9.94. The highest BCUT2D eigenvalue weighted by molar-refractivity contribution is 6.11. The Kier molecular flexibility index (Phi) is 13.6. The molecule has 0 radical (unpaired) electrons. The topological polar surface area (TPSA) is 40.8 Å². The van der Waals surface area contributed by atoms with E-state index in [0.29, 0.717) is 5.75 Å². The molecule has 0 saturated carbocycles. The van der Waals surface area contributed by atoms with E-state index >= 15 is 0 Å². The molecule has 2 aliphatic rings. The number of fused-ring (bicyclic) bond motifs is 14.